The number of hydrogen-bond acceptors (Lipinski definition) is 4. The summed E-state index contributed by atoms with van der Waals surface area (Å²) in [4.78, 5) is 24.3. The monoisotopic (exact) mass is 320 g/mol. The summed E-state index contributed by atoms with van der Waals surface area (Å²) in [5, 5.41) is 3.83. The summed E-state index contributed by atoms with van der Waals surface area (Å²) in [6.45, 7) is 2.02. The van der Waals surface area contributed by atoms with Crippen molar-refractivity contribution in [2.75, 3.05) is 5.75 Å². The molecule has 0 saturated carbocycles. The number of rotatable bonds is 5. The Morgan fingerprint density at radius 3 is 2.48 bits per heavy atom. The van der Waals surface area contributed by atoms with Gasteiger partial charge >= 0.3 is 0 Å². The van der Waals surface area contributed by atoms with E-state index in [-0.39, 0.29) is 24.0 Å². The van der Waals surface area contributed by atoms with E-state index in [4.69, 9.17) is 0 Å². The fourth-order valence-electron chi connectivity index (χ4n) is 1.58. The van der Waals surface area contributed by atoms with Gasteiger partial charge in [-0.15, -0.1) is 11.8 Å². The van der Waals surface area contributed by atoms with Crippen molar-refractivity contribution in [3.8, 4) is 0 Å². The Kier molecular flexibility index (Phi) is 5.83. The molecule has 4 nitrogen and oxygen atoms in total. The Bertz CT molecular complexity index is 595. The smallest absolute Gasteiger partial charge is 0.248 e. The third-order valence-corrected chi connectivity index (χ3v) is 4.42. The summed E-state index contributed by atoms with van der Waals surface area (Å²) in [5.41, 5.74) is 6.97. The summed E-state index contributed by atoms with van der Waals surface area (Å²) >= 11 is 2.97. The molecule has 2 aromatic rings. The molecule has 0 radical (unpaired) electrons. The van der Waals surface area contributed by atoms with Gasteiger partial charge in [0.1, 0.15) is 0 Å². The molecule has 2 rings (SSSR count). The molecular weight excluding hydrogens is 304 g/mol. The van der Waals surface area contributed by atoms with Crippen LogP contribution in [0.3, 0.4) is 0 Å². The fourth-order valence-corrected chi connectivity index (χ4v) is 2.95. The second-order valence-corrected chi connectivity index (χ2v) is 6.34. The molecule has 2 N–H and O–H groups in total. The topological polar surface area (TPSA) is 58.2 Å². The van der Waals surface area contributed by atoms with Crippen LogP contribution in [-0.2, 0) is 16.0 Å². The normalized spacial score (nSPS) is 10.1. The van der Waals surface area contributed by atoms with Gasteiger partial charge in [-0.2, -0.15) is 11.3 Å². The number of hydrazine groups is 1. The van der Waals surface area contributed by atoms with Crippen molar-refractivity contribution >= 4 is 34.9 Å². The average molecular weight is 320 g/mol. The molecule has 0 aliphatic heterocycles. The first-order valence-electron chi connectivity index (χ1n) is 6.42. The second-order valence-electron chi connectivity index (χ2n) is 4.51. The molecule has 0 unspecified atom stereocenters. The number of thioether (sulfide) groups is 1. The molecule has 0 fully saturated rings. The van der Waals surface area contributed by atoms with Crippen molar-refractivity contribution in [3.05, 3.63) is 52.2 Å². The Labute approximate surface area is 131 Å². The fraction of sp³-hybridized carbons (Fsp3) is 0.200. The molecular formula is C15H16N2O2S2. The van der Waals surface area contributed by atoms with Gasteiger partial charge in [0.2, 0.25) is 11.8 Å². The number of aryl methyl sites for hydroxylation is 1. The first kappa shape index (κ1) is 15.6. The number of carbonyl (C=O) groups is 2. The third kappa shape index (κ3) is 5.61. The first-order valence-corrected chi connectivity index (χ1v) is 8.34. The highest BCUT2D eigenvalue weighted by atomic mass is 32.2. The van der Waals surface area contributed by atoms with Crippen LogP contribution in [0.25, 0.3) is 0 Å². The third-order valence-electron chi connectivity index (χ3n) is 2.68. The van der Waals surface area contributed by atoms with Crippen LogP contribution in [-0.4, -0.2) is 17.6 Å². The zero-order valence-corrected chi connectivity index (χ0v) is 13.2. The van der Waals surface area contributed by atoms with E-state index in [1.165, 1.54) is 17.3 Å². The molecule has 0 atom stereocenters. The number of nitrogens with one attached hydrogen (secondary N) is 2. The van der Waals surface area contributed by atoms with E-state index in [1.54, 1.807) is 11.3 Å². The Morgan fingerprint density at radius 2 is 1.81 bits per heavy atom. The molecule has 1 heterocycles. The summed E-state index contributed by atoms with van der Waals surface area (Å²) in [7, 11) is 0. The van der Waals surface area contributed by atoms with Crippen molar-refractivity contribution in [1.29, 1.82) is 0 Å². The van der Waals surface area contributed by atoms with E-state index in [2.05, 4.69) is 10.9 Å². The summed E-state index contributed by atoms with van der Waals surface area (Å²) in [6, 6.07) is 9.84. The molecule has 21 heavy (non-hydrogen) atoms. The predicted molar refractivity (Wildman–Crippen MR) is 86.2 cm³/mol. The van der Waals surface area contributed by atoms with Crippen LogP contribution in [0.4, 0.5) is 0 Å². The molecule has 0 spiro atoms. The molecule has 0 aliphatic rings. The molecule has 110 valence electrons. The minimum absolute atomic E-state index is 0.220. The number of amides is 2. The van der Waals surface area contributed by atoms with Crippen molar-refractivity contribution in [1.82, 2.24) is 10.9 Å². The van der Waals surface area contributed by atoms with Crippen LogP contribution < -0.4 is 10.9 Å². The summed E-state index contributed by atoms with van der Waals surface area (Å²) < 4.78 is 0. The van der Waals surface area contributed by atoms with Crippen LogP contribution >= 0.6 is 23.1 Å². The maximum absolute atomic E-state index is 11.6. The van der Waals surface area contributed by atoms with E-state index in [0.29, 0.717) is 0 Å². The highest BCUT2D eigenvalue weighted by Crippen LogP contribution is 2.17. The average Bonchev–Trinajstić information content (AvgIpc) is 2.97. The minimum Gasteiger partial charge on any atom is -0.273 e. The van der Waals surface area contributed by atoms with Crippen LogP contribution in [0, 0.1) is 6.92 Å². The maximum atomic E-state index is 11.6. The molecule has 0 saturated heterocycles. The molecule has 6 heteroatoms. The zero-order valence-electron chi connectivity index (χ0n) is 11.6. The van der Waals surface area contributed by atoms with Gasteiger partial charge in [-0.1, -0.05) is 17.7 Å². The highest BCUT2D eigenvalue weighted by molar-refractivity contribution is 8.00. The zero-order chi connectivity index (χ0) is 15.1. The Morgan fingerprint density at radius 1 is 1.10 bits per heavy atom. The number of benzene rings is 1. The largest absolute Gasteiger partial charge is 0.273 e. The minimum atomic E-state index is -0.223. The first-order chi connectivity index (χ1) is 10.1. The van der Waals surface area contributed by atoms with Gasteiger partial charge in [0.05, 0.1) is 12.2 Å². The van der Waals surface area contributed by atoms with Gasteiger partial charge < -0.3 is 0 Å². The standard InChI is InChI=1S/C15H16N2O2S2/c1-11-2-4-13(5-3-11)21-10-15(19)17-16-14(18)8-12-6-7-20-9-12/h2-7,9H,8,10H2,1H3,(H,16,18)(H,17,19). The summed E-state index contributed by atoms with van der Waals surface area (Å²) in [5.74, 6) is -0.178. The van der Waals surface area contributed by atoms with Gasteiger partial charge in [-0.05, 0) is 41.4 Å². The predicted octanol–water partition coefficient (Wildman–Crippen LogP) is 2.54. The van der Waals surface area contributed by atoms with Crippen LogP contribution in [0.1, 0.15) is 11.1 Å². The molecule has 0 bridgehead atoms. The SMILES string of the molecule is Cc1ccc(SCC(=O)NNC(=O)Cc2ccsc2)cc1. The van der Waals surface area contributed by atoms with E-state index < -0.39 is 0 Å². The number of hydrogen-bond donors (Lipinski definition) is 2. The van der Waals surface area contributed by atoms with Crippen LogP contribution in [0.2, 0.25) is 0 Å². The molecule has 2 amide bonds. The Hall–Kier alpha value is -1.79. The lowest BCUT2D eigenvalue weighted by Crippen LogP contribution is -2.43. The number of thiophene rings is 1. The van der Waals surface area contributed by atoms with Gasteiger partial charge in [0.25, 0.3) is 0 Å². The number of carbonyl (C=O) groups excluding carboxylic acids is 2. The highest BCUT2D eigenvalue weighted by Gasteiger charge is 2.06. The lowest BCUT2D eigenvalue weighted by molar-refractivity contribution is -0.127. The van der Waals surface area contributed by atoms with E-state index in [1.807, 2.05) is 48.0 Å². The second kappa shape index (κ2) is 7.85. The van der Waals surface area contributed by atoms with E-state index >= 15 is 0 Å². The van der Waals surface area contributed by atoms with E-state index in [9.17, 15) is 9.59 Å². The van der Waals surface area contributed by atoms with Gasteiger partial charge in [-0.25, -0.2) is 0 Å². The Balaban J connectivity index is 1.67. The van der Waals surface area contributed by atoms with Crippen molar-refractivity contribution in [2.24, 2.45) is 0 Å². The van der Waals surface area contributed by atoms with Crippen molar-refractivity contribution in [3.63, 3.8) is 0 Å². The molecule has 0 aliphatic carbocycles. The van der Waals surface area contributed by atoms with Gasteiger partial charge in [-0.3, -0.25) is 20.4 Å². The quantitative estimate of drug-likeness (QED) is 0.657. The molecule has 1 aromatic heterocycles. The van der Waals surface area contributed by atoms with Gasteiger partial charge in [0, 0.05) is 4.90 Å². The van der Waals surface area contributed by atoms with Crippen molar-refractivity contribution in [2.45, 2.75) is 18.2 Å². The summed E-state index contributed by atoms with van der Waals surface area (Å²) in [6.07, 6.45) is 0.273. The molecule has 1 aromatic carbocycles. The van der Waals surface area contributed by atoms with Crippen LogP contribution in [0.5, 0.6) is 0 Å². The lowest BCUT2D eigenvalue weighted by Gasteiger charge is -2.07. The maximum Gasteiger partial charge on any atom is 0.248 e. The lowest BCUT2D eigenvalue weighted by atomic mass is 10.2. The van der Waals surface area contributed by atoms with E-state index in [0.717, 1.165) is 10.5 Å². The van der Waals surface area contributed by atoms with Crippen molar-refractivity contribution < 1.29 is 9.59 Å². The van der Waals surface area contributed by atoms with Gasteiger partial charge in [0.15, 0.2) is 0 Å². The van der Waals surface area contributed by atoms with Crippen LogP contribution in [0.15, 0.2) is 46.0 Å².